The van der Waals surface area contributed by atoms with E-state index in [-0.39, 0.29) is 17.6 Å². The lowest BCUT2D eigenvalue weighted by molar-refractivity contribution is -0.000503. The zero-order valence-electron chi connectivity index (χ0n) is 12.8. The number of hydrogen-bond acceptors (Lipinski definition) is 3. The van der Waals surface area contributed by atoms with Gasteiger partial charge in [0.15, 0.2) is 0 Å². The van der Waals surface area contributed by atoms with Crippen LogP contribution in [0, 0.1) is 5.92 Å². The molecule has 0 aliphatic heterocycles. The van der Waals surface area contributed by atoms with E-state index in [0.717, 1.165) is 11.5 Å². The van der Waals surface area contributed by atoms with Gasteiger partial charge in [-0.1, -0.05) is 33.1 Å². The first-order chi connectivity index (χ1) is 9.61. The molecule has 0 saturated heterocycles. The van der Waals surface area contributed by atoms with Crippen molar-refractivity contribution in [3.05, 3.63) is 27.9 Å². The predicted octanol–water partition coefficient (Wildman–Crippen LogP) is 3.55. The van der Waals surface area contributed by atoms with Crippen molar-refractivity contribution in [3.63, 3.8) is 0 Å². The maximum absolute atomic E-state index is 11.9. The molecule has 4 nitrogen and oxygen atoms in total. The summed E-state index contributed by atoms with van der Waals surface area (Å²) in [5, 5.41) is 0. The summed E-state index contributed by atoms with van der Waals surface area (Å²) in [5.74, 6) is 1.45. The molecule has 0 radical (unpaired) electrons. The number of hydrogen-bond donors (Lipinski definition) is 1. The molecule has 1 aliphatic carbocycles. The van der Waals surface area contributed by atoms with Gasteiger partial charge < -0.3 is 9.72 Å². The minimum atomic E-state index is -0.0702. The third kappa shape index (κ3) is 3.69. The number of ether oxygens (including phenoxy) is 1. The molecular weight excluding hydrogens is 252 g/mol. The van der Waals surface area contributed by atoms with E-state index in [0.29, 0.717) is 12.5 Å². The van der Waals surface area contributed by atoms with Crippen LogP contribution in [0.3, 0.4) is 0 Å². The lowest BCUT2D eigenvalue weighted by atomic mass is 9.85. The van der Waals surface area contributed by atoms with Crippen molar-refractivity contribution in [2.75, 3.05) is 6.61 Å². The zero-order chi connectivity index (χ0) is 14.5. The lowest BCUT2D eigenvalue weighted by Gasteiger charge is -2.29. The van der Waals surface area contributed by atoms with E-state index in [1.165, 1.54) is 32.1 Å². The molecule has 1 atom stereocenters. The first-order valence-corrected chi connectivity index (χ1v) is 7.84. The summed E-state index contributed by atoms with van der Waals surface area (Å²) in [6.45, 7) is 6.76. The molecule has 1 heterocycles. The molecule has 0 amide bonds. The number of aromatic amines is 1. The molecule has 1 unspecified atom stereocenters. The number of H-pyrrole nitrogens is 1. The van der Waals surface area contributed by atoms with E-state index in [2.05, 4.69) is 23.8 Å². The van der Waals surface area contributed by atoms with Crippen molar-refractivity contribution in [1.29, 1.82) is 0 Å². The van der Waals surface area contributed by atoms with Crippen LogP contribution in [0.25, 0.3) is 0 Å². The Balaban J connectivity index is 2.30. The van der Waals surface area contributed by atoms with Gasteiger partial charge in [0.25, 0.3) is 5.56 Å². The van der Waals surface area contributed by atoms with Gasteiger partial charge in [0.1, 0.15) is 11.9 Å². The quantitative estimate of drug-likeness (QED) is 0.896. The average molecular weight is 278 g/mol. The number of rotatable bonds is 5. The largest absolute Gasteiger partial charge is 0.370 e. The topological polar surface area (TPSA) is 55.0 Å². The third-order valence-electron chi connectivity index (χ3n) is 4.07. The van der Waals surface area contributed by atoms with Gasteiger partial charge in [-0.05, 0) is 31.6 Å². The summed E-state index contributed by atoms with van der Waals surface area (Å²) in [7, 11) is 0. The van der Waals surface area contributed by atoms with Gasteiger partial charge >= 0.3 is 0 Å². The van der Waals surface area contributed by atoms with Crippen molar-refractivity contribution in [1.82, 2.24) is 9.97 Å². The lowest BCUT2D eigenvalue weighted by Crippen LogP contribution is -2.24. The van der Waals surface area contributed by atoms with Gasteiger partial charge in [-0.2, -0.15) is 0 Å². The van der Waals surface area contributed by atoms with E-state index in [1.54, 1.807) is 6.07 Å². The highest BCUT2D eigenvalue weighted by atomic mass is 16.5. The first-order valence-electron chi connectivity index (χ1n) is 7.84. The standard InChI is InChI=1S/C16H26N2O2/c1-4-20-15(12-8-6-5-7-9-12)16-17-13(11(2)3)10-14(19)18-16/h10-12,15H,4-9H2,1-3H3,(H,17,18,19). The van der Waals surface area contributed by atoms with E-state index in [4.69, 9.17) is 4.74 Å². The van der Waals surface area contributed by atoms with Crippen LogP contribution in [0.4, 0.5) is 0 Å². The van der Waals surface area contributed by atoms with Crippen molar-refractivity contribution in [2.45, 2.75) is 64.9 Å². The van der Waals surface area contributed by atoms with Crippen LogP contribution in [-0.2, 0) is 4.74 Å². The Kier molecular flexibility index (Phi) is 5.35. The zero-order valence-corrected chi connectivity index (χ0v) is 12.8. The molecular formula is C16H26N2O2. The van der Waals surface area contributed by atoms with E-state index in [9.17, 15) is 4.79 Å². The Hall–Kier alpha value is -1.16. The fourth-order valence-electron chi connectivity index (χ4n) is 2.98. The van der Waals surface area contributed by atoms with E-state index >= 15 is 0 Å². The highest BCUT2D eigenvalue weighted by Gasteiger charge is 2.27. The summed E-state index contributed by atoms with van der Waals surface area (Å²) < 4.78 is 5.92. The number of aromatic nitrogens is 2. The van der Waals surface area contributed by atoms with Crippen LogP contribution < -0.4 is 5.56 Å². The molecule has 0 bridgehead atoms. The maximum Gasteiger partial charge on any atom is 0.251 e. The smallest absolute Gasteiger partial charge is 0.251 e. The molecule has 1 aliphatic rings. The SMILES string of the molecule is CCOC(c1nc(C(C)C)cc(=O)[nH]1)C1CCCCC1. The van der Waals surface area contributed by atoms with Crippen LogP contribution in [0.15, 0.2) is 10.9 Å². The van der Waals surface area contributed by atoms with Crippen molar-refractivity contribution in [2.24, 2.45) is 5.92 Å². The third-order valence-corrected chi connectivity index (χ3v) is 4.07. The summed E-state index contributed by atoms with van der Waals surface area (Å²) in [5.41, 5.74) is 0.781. The van der Waals surface area contributed by atoms with Crippen molar-refractivity contribution in [3.8, 4) is 0 Å². The number of nitrogens with zero attached hydrogens (tertiary/aromatic N) is 1. The van der Waals surface area contributed by atoms with Gasteiger partial charge in [-0.3, -0.25) is 4.79 Å². The summed E-state index contributed by atoms with van der Waals surface area (Å²) in [4.78, 5) is 19.4. The second-order valence-corrected chi connectivity index (χ2v) is 5.98. The molecule has 0 spiro atoms. The summed E-state index contributed by atoms with van der Waals surface area (Å²) in [6, 6.07) is 1.60. The van der Waals surface area contributed by atoms with Gasteiger partial charge in [0.2, 0.25) is 0 Å². The molecule has 1 saturated carbocycles. The van der Waals surface area contributed by atoms with Crippen LogP contribution in [0.2, 0.25) is 0 Å². The van der Waals surface area contributed by atoms with Crippen LogP contribution in [0.1, 0.15) is 76.4 Å². The summed E-state index contributed by atoms with van der Waals surface area (Å²) in [6.07, 6.45) is 6.09. The Bertz CT molecular complexity index is 476. The molecule has 4 heteroatoms. The predicted molar refractivity (Wildman–Crippen MR) is 79.9 cm³/mol. The second kappa shape index (κ2) is 7.02. The minimum Gasteiger partial charge on any atom is -0.370 e. The fourth-order valence-corrected chi connectivity index (χ4v) is 2.98. The molecule has 1 aromatic rings. The maximum atomic E-state index is 11.9. The Morgan fingerprint density at radius 1 is 1.35 bits per heavy atom. The fraction of sp³-hybridized carbons (Fsp3) is 0.750. The van der Waals surface area contributed by atoms with Gasteiger partial charge in [-0.25, -0.2) is 4.98 Å². The molecule has 1 N–H and O–H groups in total. The Labute approximate surface area is 121 Å². The van der Waals surface area contributed by atoms with Crippen LogP contribution in [-0.4, -0.2) is 16.6 Å². The Morgan fingerprint density at radius 3 is 2.65 bits per heavy atom. The summed E-state index contributed by atoms with van der Waals surface area (Å²) >= 11 is 0. The monoisotopic (exact) mass is 278 g/mol. The van der Waals surface area contributed by atoms with Crippen molar-refractivity contribution >= 4 is 0 Å². The molecule has 1 aromatic heterocycles. The van der Waals surface area contributed by atoms with E-state index < -0.39 is 0 Å². The average Bonchev–Trinajstić information content (AvgIpc) is 2.45. The van der Waals surface area contributed by atoms with Crippen molar-refractivity contribution < 1.29 is 4.74 Å². The van der Waals surface area contributed by atoms with Gasteiger partial charge in [0, 0.05) is 12.7 Å². The molecule has 20 heavy (non-hydrogen) atoms. The van der Waals surface area contributed by atoms with Crippen LogP contribution in [0.5, 0.6) is 0 Å². The molecule has 0 aromatic carbocycles. The van der Waals surface area contributed by atoms with Gasteiger partial charge in [-0.15, -0.1) is 0 Å². The molecule has 1 fully saturated rings. The first kappa shape index (κ1) is 15.2. The molecule has 112 valence electrons. The highest BCUT2D eigenvalue weighted by molar-refractivity contribution is 5.09. The highest BCUT2D eigenvalue weighted by Crippen LogP contribution is 2.35. The van der Waals surface area contributed by atoms with E-state index in [1.807, 2.05) is 6.92 Å². The van der Waals surface area contributed by atoms with Gasteiger partial charge in [0.05, 0.1) is 5.69 Å². The van der Waals surface area contributed by atoms with Crippen LogP contribution >= 0.6 is 0 Å². The Morgan fingerprint density at radius 2 is 2.05 bits per heavy atom. The molecule has 2 rings (SSSR count). The second-order valence-electron chi connectivity index (χ2n) is 5.98. The minimum absolute atomic E-state index is 0.0632. The normalized spacial score (nSPS) is 18.4. The number of nitrogens with one attached hydrogen (secondary N) is 1.